The van der Waals surface area contributed by atoms with E-state index in [0.717, 1.165) is 70.5 Å². The molecule has 0 saturated carbocycles. The van der Waals surface area contributed by atoms with Gasteiger partial charge in [0.2, 0.25) is 0 Å². The fourth-order valence-corrected chi connectivity index (χ4v) is 6.86. The van der Waals surface area contributed by atoms with Gasteiger partial charge in [-0.15, -0.1) is 0 Å². The minimum absolute atomic E-state index is 0.653. The molecule has 0 spiro atoms. The molecule has 4 aromatic carbocycles. The highest BCUT2D eigenvalue weighted by Gasteiger charge is 2.21. The van der Waals surface area contributed by atoms with Crippen molar-refractivity contribution in [3.8, 4) is 56.4 Å². The second-order valence-electron chi connectivity index (χ2n) is 12.2. The van der Waals surface area contributed by atoms with Gasteiger partial charge in [-0.1, -0.05) is 85.0 Å². The van der Waals surface area contributed by atoms with Gasteiger partial charge in [-0.2, -0.15) is 0 Å². The Morgan fingerprint density at radius 3 is 1.63 bits per heavy atom. The lowest BCUT2D eigenvalue weighted by Crippen LogP contribution is -2.07. The van der Waals surface area contributed by atoms with E-state index < -0.39 is 0 Å². The lowest BCUT2D eigenvalue weighted by Gasteiger charge is -2.24. The van der Waals surface area contributed by atoms with Crippen LogP contribution in [0.5, 0.6) is 0 Å². The minimum Gasteiger partial charge on any atom is -0.258 e. The molecule has 222 valence electrons. The van der Waals surface area contributed by atoms with Crippen molar-refractivity contribution >= 4 is 12.2 Å². The highest BCUT2D eigenvalue weighted by Crippen LogP contribution is 2.40. The number of hydrogen-bond donors (Lipinski definition) is 0. The van der Waals surface area contributed by atoms with E-state index in [1.165, 1.54) is 27.8 Å². The Balaban J connectivity index is 1.39. The van der Waals surface area contributed by atoms with Crippen LogP contribution in [0, 0.1) is 13.8 Å². The molecule has 2 aliphatic carbocycles. The van der Waals surface area contributed by atoms with Crippen LogP contribution in [0.4, 0.5) is 0 Å². The van der Waals surface area contributed by atoms with Crippen molar-refractivity contribution in [3.63, 3.8) is 0 Å². The second-order valence-corrected chi connectivity index (χ2v) is 12.2. The molecular formula is C42H34N4. The van der Waals surface area contributed by atoms with Crippen molar-refractivity contribution in [2.24, 2.45) is 0 Å². The smallest absolute Gasteiger partial charge is 0.164 e. The van der Waals surface area contributed by atoms with Gasteiger partial charge in [-0.3, -0.25) is 4.98 Å². The number of rotatable bonds is 5. The summed E-state index contributed by atoms with van der Waals surface area (Å²) in [7, 11) is 0. The van der Waals surface area contributed by atoms with Crippen molar-refractivity contribution in [1.82, 2.24) is 19.9 Å². The Labute approximate surface area is 270 Å². The van der Waals surface area contributed by atoms with Crippen LogP contribution in [0.3, 0.4) is 0 Å². The Morgan fingerprint density at radius 2 is 0.978 bits per heavy atom. The number of fused-ring (bicyclic) bond motifs is 3. The number of nitrogens with zero attached hydrogens (tertiary/aromatic N) is 4. The molecule has 6 aromatic rings. The first-order valence-electron chi connectivity index (χ1n) is 16.1. The number of benzene rings is 4. The van der Waals surface area contributed by atoms with E-state index in [9.17, 15) is 0 Å². The molecule has 0 radical (unpaired) electrons. The first-order chi connectivity index (χ1) is 22.6. The van der Waals surface area contributed by atoms with Crippen LogP contribution in [0.15, 0.2) is 109 Å². The number of aryl methyl sites for hydroxylation is 2. The molecule has 4 heteroatoms. The number of hydrogen-bond acceptors (Lipinski definition) is 4. The van der Waals surface area contributed by atoms with Crippen LogP contribution >= 0.6 is 0 Å². The van der Waals surface area contributed by atoms with E-state index in [4.69, 9.17) is 15.0 Å². The van der Waals surface area contributed by atoms with Crippen LogP contribution in [0.1, 0.15) is 46.5 Å². The normalized spacial score (nSPS) is 13.3. The molecule has 0 N–H and O–H groups in total. The van der Waals surface area contributed by atoms with Gasteiger partial charge in [-0.25, -0.2) is 15.0 Å². The molecule has 4 nitrogen and oxygen atoms in total. The number of pyridine rings is 1. The van der Waals surface area contributed by atoms with Crippen molar-refractivity contribution in [2.75, 3.05) is 0 Å². The highest BCUT2D eigenvalue weighted by molar-refractivity contribution is 5.87. The average molecular weight is 595 g/mol. The predicted molar refractivity (Wildman–Crippen MR) is 189 cm³/mol. The standard InChI is InChI=1S/C42H34N4/c1-27-21-32(22-28(2)43-27)33-23-34(39-26-31-17-9-10-18-36(31)37-19-11-12-20-38(37)39)25-35(24-33)42-45-40(29-13-5-3-6-14-29)44-41(46-42)30-15-7-4-8-16-30/h3-9,12-17,20-26H,10-11,18-19H2,1-2H3. The third-order valence-electron chi connectivity index (χ3n) is 8.95. The van der Waals surface area contributed by atoms with E-state index in [-0.39, 0.29) is 0 Å². The fraction of sp³-hybridized carbons (Fsp3) is 0.143. The summed E-state index contributed by atoms with van der Waals surface area (Å²) in [6.07, 6.45) is 13.7. The molecule has 0 saturated heterocycles. The summed E-state index contributed by atoms with van der Waals surface area (Å²) in [5.41, 5.74) is 15.2. The monoisotopic (exact) mass is 594 g/mol. The van der Waals surface area contributed by atoms with Crippen molar-refractivity contribution in [1.29, 1.82) is 0 Å². The Bertz CT molecular complexity index is 2080. The lowest BCUT2D eigenvalue weighted by molar-refractivity contribution is 0.906. The molecule has 2 aromatic heterocycles. The molecular weight excluding hydrogens is 560 g/mol. The molecule has 0 bridgehead atoms. The number of aromatic nitrogens is 4. The topological polar surface area (TPSA) is 51.6 Å². The van der Waals surface area contributed by atoms with Gasteiger partial charge < -0.3 is 0 Å². The third-order valence-corrected chi connectivity index (χ3v) is 8.95. The van der Waals surface area contributed by atoms with Gasteiger partial charge in [-0.05, 0) is 120 Å². The Morgan fingerprint density at radius 1 is 0.457 bits per heavy atom. The van der Waals surface area contributed by atoms with Crippen molar-refractivity contribution in [2.45, 2.75) is 39.5 Å². The zero-order valence-corrected chi connectivity index (χ0v) is 26.2. The Kier molecular flexibility index (Phi) is 7.18. The zero-order valence-electron chi connectivity index (χ0n) is 26.2. The summed E-state index contributed by atoms with van der Waals surface area (Å²) >= 11 is 0. The van der Waals surface area contributed by atoms with Crippen LogP contribution in [0.2, 0.25) is 0 Å². The summed E-state index contributed by atoms with van der Waals surface area (Å²) in [6.45, 7) is 4.12. The van der Waals surface area contributed by atoms with Crippen molar-refractivity contribution < 1.29 is 0 Å². The fourth-order valence-electron chi connectivity index (χ4n) is 6.86. The molecule has 2 heterocycles. The molecule has 0 amide bonds. The van der Waals surface area contributed by atoms with E-state index in [1.54, 1.807) is 0 Å². The SMILES string of the molecule is Cc1cc(-c2cc(-c3nc(-c4ccccc4)nc(-c4ccccc4)n3)cc(-c3cc4c(c5c3C=CCC5)CCC=C4)c2)cc(C)n1. The first kappa shape index (κ1) is 28.0. The van der Waals surface area contributed by atoms with Crippen LogP contribution < -0.4 is 0 Å². The third kappa shape index (κ3) is 5.37. The quantitative estimate of drug-likeness (QED) is 0.199. The molecule has 2 aliphatic rings. The summed E-state index contributed by atoms with van der Waals surface area (Å²) in [6, 6.07) is 33.9. The van der Waals surface area contributed by atoms with Crippen LogP contribution in [0.25, 0.3) is 68.6 Å². The molecule has 0 fully saturated rings. The first-order valence-corrected chi connectivity index (χ1v) is 16.1. The zero-order chi connectivity index (χ0) is 31.0. The highest BCUT2D eigenvalue weighted by atomic mass is 15.0. The van der Waals surface area contributed by atoms with Crippen LogP contribution in [-0.4, -0.2) is 19.9 Å². The van der Waals surface area contributed by atoms with Gasteiger partial charge in [0.25, 0.3) is 0 Å². The summed E-state index contributed by atoms with van der Waals surface area (Å²) in [4.78, 5) is 19.8. The Hall–Kier alpha value is -5.48. The van der Waals surface area contributed by atoms with Gasteiger partial charge in [0.1, 0.15) is 0 Å². The number of allylic oxidation sites excluding steroid dienone is 2. The maximum atomic E-state index is 5.10. The molecule has 0 atom stereocenters. The summed E-state index contributed by atoms with van der Waals surface area (Å²) in [5.74, 6) is 1.97. The van der Waals surface area contributed by atoms with E-state index in [1.807, 2.05) is 36.4 Å². The van der Waals surface area contributed by atoms with Crippen LogP contribution in [-0.2, 0) is 12.8 Å². The van der Waals surface area contributed by atoms with E-state index in [0.29, 0.717) is 17.5 Å². The van der Waals surface area contributed by atoms with E-state index in [2.05, 4.69) is 104 Å². The maximum Gasteiger partial charge on any atom is 0.164 e. The summed E-state index contributed by atoms with van der Waals surface area (Å²) in [5, 5.41) is 0. The van der Waals surface area contributed by atoms with Gasteiger partial charge in [0.15, 0.2) is 17.5 Å². The van der Waals surface area contributed by atoms with Crippen molar-refractivity contribution in [3.05, 3.63) is 143 Å². The van der Waals surface area contributed by atoms with Gasteiger partial charge in [0.05, 0.1) is 0 Å². The van der Waals surface area contributed by atoms with Gasteiger partial charge >= 0.3 is 0 Å². The second kappa shape index (κ2) is 11.8. The minimum atomic E-state index is 0.653. The summed E-state index contributed by atoms with van der Waals surface area (Å²) < 4.78 is 0. The predicted octanol–water partition coefficient (Wildman–Crippen LogP) is 10.1. The lowest BCUT2D eigenvalue weighted by atomic mass is 9.80. The average Bonchev–Trinajstić information content (AvgIpc) is 3.11. The van der Waals surface area contributed by atoms with E-state index >= 15 is 0 Å². The van der Waals surface area contributed by atoms with Gasteiger partial charge in [0, 0.05) is 28.1 Å². The molecule has 46 heavy (non-hydrogen) atoms. The molecule has 0 aliphatic heterocycles. The largest absolute Gasteiger partial charge is 0.258 e. The maximum absolute atomic E-state index is 5.10. The molecule has 0 unspecified atom stereocenters. The molecule has 8 rings (SSSR count).